The van der Waals surface area contributed by atoms with E-state index in [-0.39, 0.29) is 18.2 Å². The molecule has 15 heavy (non-hydrogen) atoms. The van der Waals surface area contributed by atoms with Crippen LogP contribution in [0.2, 0.25) is 0 Å². The summed E-state index contributed by atoms with van der Waals surface area (Å²) in [7, 11) is 0. The molecule has 0 fully saturated rings. The summed E-state index contributed by atoms with van der Waals surface area (Å²) < 4.78 is 0. The smallest absolute Gasteiger partial charge is 0.163 e. The largest absolute Gasteiger partial charge is 0.398 e. The Morgan fingerprint density at radius 1 is 1.07 bits per heavy atom. The van der Waals surface area contributed by atoms with Crippen molar-refractivity contribution in [2.75, 3.05) is 5.73 Å². The third-order valence-electron chi connectivity index (χ3n) is 3.46. The molecule has 0 saturated heterocycles. The van der Waals surface area contributed by atoms with Gasteiger partial charge in [-0.3, -0.25) is 4.79 Å². The molecule has 1 aromatic rings. The maximum atomic E-state index is 11.6. The minimum atomic E-state index is 0. The Hall–Kier alpha value is -1.02. The average Bonchev–Trinajstić information content (AvgIpc) is 2.75. The highest BCUT2D eigenvalue weighted by molar-refractivity contribution is 6.02. The lowest BCUT2D eigenvalue weighted by molar-refractivity contribution is 0.0994. The Morgan fingerprint density at radius 2 is 1.87 bits per heavy atom. The monoisotopic (exact) mass is 223 g/mol. The average molecular weight is 224 g/mol. The van der Waals surface area contributed by atoms with Gasteiger partial charge >= 0.3 is 0 Å². The lowest BCUT2D eigenvalue weighted by Crippen LogP contribution is -2.01. The molecular weight excluding hydrogens is 210 g/mol. The Morgan fingerprint density at radius 3 is 2.67 bits per heavy atom. The van der Waals surface area contributed by atoms with Crippen LogP contribution in [0.4, 0.5) is 5.69 Å². The van der Waals surface area contributed by atoms with Crippen LogP contribution in [0.25, 0.3) is 0 Å². The summed E-state index contributed by atoms with van der Waals surface area (Å²) >= 11 is 0. The van der Waals surface area contributed by atoms with Gasteiger partial charge in [-0.25, -0.2) is 0 Å². The standard InChI is InChI=1S/C12H13NO.ClH/c13-12-8-3-1-2-7(8)6-10-9(12)4-5-11(10)14;/h6H,1-5,13H2;1H. The second-order valence-electron chi connectivity index (χ2n) is 4.23. The van der Waals surface area contributed by atoms with Crippen molar-refractivity contribution >= 4 is 23.9 Å². The predicted molar refractivity (Wildman–Crippen MR) is 62.8 cm³/mol. The fraction of sp³-hybridized carbons (Fsp3) is 0.417. The zero-order chi connectivity index (χ0) is 9.71. The fourth-order valence-electron chi connectivity index (χ4n) is 2.71. The van der Waals surface area contributed by atoms with Crippen molar-refractivity contribution in [2.24, 2.45) is 0 Å². The lowest BCUT2D eigenvalue weighted by Gasteiger charge is -2.09. The lowest BCUT2D eigenvalue weighted by atomic mass is 9.99. The second-order valence-corrected chi connectivity index (χ2v) is 4.23. The molecule has 0 heterocycles. The Balaban J connectivity index is 0.000000853. The van der Waals surface area contributed by atoms with Gasteiger partial charge in [-0.05, 0) is 48.4 Å². The normalized spacial score (nSPS) is 17.2. The van der Waals surface area contributed by atoms with Gasteiger partial charge in [-0.15, -0.1) is 12.4 Å². The fourth-order valence-corrected chi connectivity index (χ4v) is 2.71. The van der Waals surface area contributed by atoms with Crippen LogP contribution in [0.1, 0.15) is 39.9 Å². The number of hydrogen-bond donors (Lipinski definition) is 1. The number of carbonyl (C=O) groups is 1. The molecule has 0 atom stereocenters. The minimum Gasteiger partial charge on any atom is -0.398 e. The highest BCUT2D eigenvalue weighted by atomic mass is 35.5. The Labute approximate surface area is 95.3 Å². The molecule has 0 amide bonds. The van der Waals surface area contributed by atoms with Gasteiger partial charge in [-0.2, -0.15) is 0 Å². The van der Waals surface area contributed by atoms with Crippen LogP contribution in [0, 0.1) is 0 Å². The molecule has 2 aliphatic rings. The van der Waals surface area contributed by atoms with Gasteiger partial charge in [0.25, 0.3) is 0 Å². The summed E-state index contributed by atoms with van der Waals surface area (Å²) in [6.07, 6.45) is 4.90. The molecule has 2 aliphatic carbocycles. The van der Waals surface area contributed by atoms with E-state index in [4.69, 9.17) is 5.73 Å². The number of Topliss-reactive ketones (excluding diaryl/α,β-unsaturated/α-hetero) is 1. The van der Waals surface area contributed by atoms with Crippen molar-refractivity contribution in [3.63, 3.8) is 0 Å². The maximum absolute atomic E-state index is 11.6. The van der Waals surface area contributed by atoms with E-state index >= 15 is 0 Å². The molecule has 80 valence electrons. The molecule has 0 bridgehead atoms. The molecule has 2 N–H and O–H groups in total. The van der Waals surface area contributed by atoms with Crippen LogP contribution >= 0.6 is 12.4 Å². The third kappa shape index (κ3) is 1.36. The molecule has 0 unspecified atom stereocenters. The number of carbonyl (C=O) groups excluding carboxylic acids is 1. The first-order valence-corrected chi connectivity index (χ1v) is 5.23. The van der Waals surface area contributed by atoms with E-state index < -0.39 is 0 Å². The zero-order valence-electron chi connectivity index (χ0n) is 8.51. The first-order chi connectivity index (χ1) is 6.77. The van der Waals surface area contributed by atoms with Gasteiger partial charge < -0.3 is 5.73 Å². The van der Waals surface area contributed by atoms with Crippen LogP contribution in [0.15, 0.2) is 6.07 Å². The van der Waals surface area contributed by atoms with E-state index in [2.05, 4.69) is 6.07 Å². The van der Waals surface area contributed by atoms with E-state index in [9.17, 15) is 4.79 Å². The highest BCUT2D eigenvalue weighted by Gasteiger charge is 2.26. The van der Waals surface area contributed by atoms with E-state index in [0.717, 1.165) is 36.1 Å². The molecular formula is C12H14ClNO. The first kappa shape index (κ1) is 10.5. The van der Waals surface area contributed by atoms with Crippen molar-refractivity contribution < 1.29 is 4.79 Å². The van der Waals surface area contributed by atoms with E-state index in [1.807, 2.05) is 0 Å². The third-order valence-corrected chi connectivity index (χ3v) is 3.46. The first-order valence-electron chi connectivity index (χ1n) is 5.23. The number of halogens is 1. The summed E-state index contributed by atoms with van der Waals surface area (Å²) in [6.45, 7) is 0. The Bertz CT molecular complexity index is 440. The van der Waals surface area contributed by atoms with Gasteiger partial charge in [-0.1, -0.05) is 0 Å². The van der Waals surface area contributed by atoms with Crippen LogP contribution < -0.4 is 5.73 Å². The number of benzene rings is 1. The molecule has 1 aromatic carbocycles. The van der Waals surface area contributed by atoms with Crippen molar-refractivity contribution in [1.29, 1.82) is 0 Å². The minimum absolute atomic E-state index is 0. The number of hydrogen-bond acceptors (Lipinski definition) is 2. The van der Waals surface area contributed by atoms with Crippen molar-refractivity contribution in [3.8, 4) is 0 Å². The number of nitrogen functional groups attached to an aromatic ring is 1. The molecule has 0 spiro atoms. The number of nitrogens with two attached hydrogens (primary N) is 1. The van der Waals surface area contributed by atoms with Crippen LogP contribution in [0.3, 0.4) is 0 Å². The number of rotatable bonds is 0. The van der Waals surface area contributed by atoms with Crippen LogP contribution in [-0.2, 0) is 19.3 Å². The summed E-state index contributed by atoms with van der Waals surface area (Å²) in [5, 5.41) is 0. The van der Waals surface area contributed by atoms with Crippen molar-refractivity contribution in [3.05, 3.63) is 28.3 Å². The molecule has 3 heteroatoms. The van der Waals surface area contributed by atoms with E-state index in [1.165, 1.54) is 17.5 Å². The van der Waals surface area contributed by atoms with E-state index in [1.54, 1.807) is 0 Å². The topological polar surface area (TPSA) is 43.1 Å². The van der Waals surface area contributed by atoms with Gasteiger partial charge in [0.2, 0.25) is 0 Å². The molecule has 0 saturated carbocycles. The number of aryl methyl sites for hydroxylation is 1. The molecule has 0 aliphatic heterocycles. The molecule has 2 nitrogen and oxygen atoms in total. The SMILES string of the molecule is Cl.Nc1c2c(cc3c1CCC3=O)CCC2. The molecule has 0 radical (unpaired) electrons. The van der Waals surface area contributed by atoms with Crippen molar-refractivity contribution in [1.82, 2.24) is 0 Å². The highest BCUT2D eigenvalue weighted by Crippen LogP contribution is 2.36. The summed E-state index contributed by atoms with van der Waals surface area (Å²) in [4.78, 5) is 11.6. The van der Waals surface area contributed by atoms with Crippen LogP contribution in [-0.4, -0.2) is 5.78 Å². The molecule has 3 rings (SSSR count). The molecule has 0 aromatic heterocycles. The van der Waals surface area contributed by atoms with Gasteiger partial charge in [0, 0.05) is 17.7 Å². The van der Waals surface area contributed by atoms with Gasteiger partial charge in [0.1, 0.15) is 0 Å². The van der Waals surface area contributed by atoms with E-state index in [0.29, 0.717) is 6.42 Å². The predicted octanol–water partition coefficient (Wildman–Crippen LogP) is 2.31. The van der Waals surface area contributed by atoms with Crippen molar-refractivity contribution in [2.45, 2.75) is 32.1 Å². The summed E-state index contributed by atoms with van der Waals surface area (Å²) in [5.41, 5.74) is 11.7. The summed E-state index contributed by atoms with van der Waals surface area (Å²) in [6, 6.07) is 2.09. The van der Waals surface area contributed by atoms with Gasteiger partial charge in [0.15, 0.2) is 5.78 Å². The second kappa shape index (κ2) is 3.53. The summed E-state index contributed by atoms with van der Waals surface area (Å²) in [5.74, 6) is 0.279. The zero-order valence-corrected chi connectivity index (χ0v) is 9.32. The van der Waals surface area contributed by atoms with Crippen LogP contribution in [0.5, 0.6) is 0 Å². The maximum Gasteiger partial charge on any atom is 0.163 e. The quantitative estimate of drug-likeness (QED) is 0.686. The number of fused-ring (bicyclic) bond motifs is 2. The Kier molecular flexibility index (Phi) is 2.47. The number of anilines is 1. The number of ketones is 1. The van der Waals surface area contributed by atoms with Gasteiger partial charge in [0.05, 0.1) is 0 Å².